The molecule has 0 saturated carbocycles. The molecule has 0 aliphatic carbocycles. The lowest BCUT2D eigenvalue weighted by Crippen LogP contribution is -2.30. The number of carbonyl (C=O) groups is 2. The second-order valence-electron chi connectivity index (χ2n) is 6.57. The second kappa shape index (κ2) is 9.73. The van der Waals surface area contributed by atoms with Crippen molar-refractivity contribution in [2.24, 2.45) is 0 Å². The lowest BCUT2D eigenvalue weighted by Gasteiger charge is -2.08. The zero-order valence-electron chi connectivity index (χ0n) is 15.8. The molecule has 0 aliphatic heterocycles. The molecule has 2 aromatic carbocycles. The molecule has 3 rings (SSSR count). The van der Waals surface area contributed by atoms with Crippen molar-refractivity contribution < 1.29 is 22.4 Å². The average Bonchev–Trinajstić information content (AvgIpc) is 3.21. The van der Waals surface area contributed by atoms with Crippen LogP contribution in [-0.2, 0) is 26.9 Å². The Morgan fingerprint density at radius 3 is 2.40 bits per heavy atom. The van der Waals surface area contributed by atoms with E-state index < -0.39 is 21.5 Å². The van der Waals surface area contributed by atoms with Crippen molar-refractivity contribution in [1.29, 1.82) is 0 Å². The fourth-order valence-electron chi connectivity index (χ4n) is 2.69. The molecule has 0 bridgehead atoms. The van der Waals surface area contributed by atoms with Crippen molar-refractivity contribution in [2.45, 2.75) is 12.3 Å². The molecule has 0 radical (unpaired) electrons. The van der Waals surface area contributed by atoms with Crippen LogP contribution in [0.3, 0.4) is 0 Å². The summed E-state index contributed by atoms with van der Waals surface area (Å²) in [7, 11) is -3.59. The van der Waals surface area contributed by atoms with Crippen molar-refractivity contribution in [3.8, 4) is 0 Å². The van der Waals surface area contributed by atoms with E-state index in [9.17, 15) is 18.0 Å². The van der Waals surface area contributed by atoms with Gasteiger partial charge in [-0.05, 0) is 47.5 Å². The number of furan rings is 1. The molecule has 2 N–H and O–H groups in total. The summed E-state index contributed by atoms with van der Waals surface area (Å²) in [5, 5.41) is 5.30. The maximum Gasteiger partial charge on any atom is 0.291 e. The summed E-state index contributed by atoms with van der Waals surface area (Å²) in [6, 6.07) is 17.0. The molecule has 7 nitrogen and oxygen atoms in total. The van der Waals surface area contributed by atoms with E-state index in [-0.39, 0.29) is 24.0 Å². The predicted octanol–water partition coefficient (Wildman–Crippen LogP) is 3.53. The van der Waals surface area contributed by atoms with Crippen LogP contribution in [0.1, 0.15) is 21.7 Å². The van der Waals surface area contributed by atoms with Crippen molar-refractivity contribution in [3.63, 3.8) is 0 Å². The fourth-order valence-corrected chi connectivity index (χ4v) is 4.43. The van der Waals surface area contributed by atoms with Crippen LogP contribution in [-0.4, -0.2) is 26.0 Å². The van der Waals surface area contributed by atoms with E-state index in [0.717, 1.165) is 10.0 Å². The highest BCUT2D eigenvalue weighted by Crippen LogP contribution is 2.15. The number of amides is 2. The van der Waals surface area contributed by atoms with E-state index in [0.29, 0.717) is 11.3 Å². The van der Waals surface area contributed by atoms with Crippen molar-refractivity contribution >= 4 is 43.3 Å². The van der Waals surface area contributed by atoms with Gasteiger partial charge in [0.2, 0.25) is 5.91 Å². The van der Waals surface area contributed by atoms with Gasteiger partial charge < -0.3 is 15.1 Å². The topological polar surface area (TPSA) is 105 Å². The largest absolute Gasteiger partial charge is 0.459 e. The summed E-state index contributed by atoms with van der Waals surface area (Å²) in [5.41, 5.74) is 1.95. The molecule has 0 spiro atoms. The number of hydrogen-bond acceptors (Lipinski definition) is 5. The van der Waals surface area contributed by atoms with Gasteiger partial charge in [0.25, 0.3) is 5.91 Å². The number of nitrogens with one attached hydrogen (secondary N) is 2. The highest BCUT2D eigenvalue weighted by atomic mass is 79.9. The van der Waals surface area contributed by atoms with Crippen LogP contribution >= 0.6 is 15.9 Å². The number of benzene rings is 2. The van der Waals surface area contributed by atoms with Crippen molar-refractivity contribution in [3.05, 3.63) is 88.3 Å². The van der Waals surface area contributed by atoms with Gasteiger partial charge in [-0.3, -0.25) is 9.59 Å². The van der Waals surface area contributed by atoms with Gasteiger partial charge in [-0.25, -0.2) is 8.42 Å². The van der Waals surface area contributed by atoms with Gasteiger partial charge in [-0.1, -0.05) is 40.2 Å². The average molecular weight is 491 g/mol. The minimum atomic E-state index is -3.59. The Morgan fingerprint density at radius 1 is 0.967 bits per heavy atom. The molecular weight excluding hydrogens is 472 g/mol. The lowest BCUT2D eigenvalue weighted by molar-refractivity contribution is -0.118. The number of rotatable bonds is 8. The van der Waals surface area contributed by atoms with Gasteiger partial charge in [0.1, 0.15) is 5.75 Å². The number of carbonyl (C=O) groups excluding carboxylic acids is 2. The summed E-state index contributed by atoms with van der Waals surface area (Å²) in [6.45, 7) is 0.178. The number of anilines is 1. The van der Waals surface area contributed by atoms with Gasteiger partial charge in [0.05, 0.1) is 12.0 Å². The van der Waals surface area contributed by atoms with Gasteiger partial charge in [0.15, 0.2) is 15.6 Å². The van der Waals surface area contributed by atoms with Crippen LogP contribution in [0.4, 0.5) is 5.69 Å². The Hall–Kier alpha value is -2.91. The van der Waals surface area contributed by atoms with Crippen LogP contribution in [0.25, 0.3) is 0 Å². The van der Waals surface area contributed by atoms with Crippen LogP contribution < -0.4 is 10.6 Å². The predicted molar refractivity (Wildman–Crippen MR) is 117 cm³/mol. The number of halogens is 1. The monoisotopic (exact) mass is 490 g/mol. The first-order chi connectivity index (χ1) is 14.3. The van der Waals surface area contributed by atoms with Gasteiger partial charge in [0, 0.05) is 16.7 Å². The first kappa shape index (κ1) is 21.8. The van der Waals surface area contributed by atoms with E-state index in [1.807, 2.05) is 0 Å². The summed E-state index contributed by atoms with van der Waals surface area (Å²) in [4.78, 5) is 24.0. The molecule has 1 heterocycles. The van der Waals surface area contributed by atoms with E-state index in [2.05, 4.69) is 26.6 Å². The quantitative estimate of drug-likeness (QED) is 0.502. The Labute approximate surface area is 182 Å². The summed E-state index contributed by atoms with van der Waals surface area (Å²) < 4.78 is 30.3. The molecule has 9 heteroatoms. The van der Waals surface area contributed by atoms with Gasteiger partial charge in [-0.2, -0.15) is 0 Å². The minimum Gasteiger partial charge on any atom is -0.459 e. The van der Waals surface area contributed by atoms with E-state index in [1.54, 1.807) is 60.7 Å². The van der Waals surface area contributed by atoms with Gasteiger partial charge >= 0.3 is 0 Å². The zero-order chi connectivity index (χ0) is 21.6. The van der Waals surface area contributed by atoms with Crippen molar-refractivity contribution in [1.82, 2.24) is 5.32 Å². The lowest BCUT2D eigenvalue weighted by atomic mass is 10.2. The second-order valence-corrected chi connectivity index (χ2v) is 9.55. The molecule has 0 fully saturated rings. The molecule has 0 saturated heterocycles. The van der Waals surface area contributed by atoms with Gasteiger partial charge in [-0.15, -0.1) is 0 Å². The molecule has 0 unspecified atom stereocenters. The molecule has 30 heavy (non-hydrogen) atoms. The van der Waals surface area contributed by atoms with E-state index in [1.165, 1.54) is 6.26 Å². The molecule has 0 atom stereocenters. The fraction of sp³-hybridized carbons (Fsp3) is 0.143. The van der Waals surface area contributed by atoms with E-state index >= 15 is 0 Å². The Balaban J connectivity index is 1.48. The maximum atomic E-state index is 12.3. The first-order valence-corrected chi connectivity index (χ1v) is 11.6. The third-order valence-electron chi connectivity index (χ3n) is 4.07. The van der Waals surface area contributed by atoms with Crippen LogP contribution in [0.2, 0.25) is 0 Å². The first-order valence-electron chi connectivity index (χ1n) is 8.96. The van der Waals surface area contributed by atoms with Crippen LogP contribution in [0, 0.1) is 0 Å². The highest BCUT2D eigenvalue weighted by molar-refractivity contribution is 9.10. The normalized spacial score (nSPS) is 11.1. The minimum absolute atomic E-state index is 0.178. The molecule has 0 aliphatic rings. The SMILES string of the molecule is O=C(CS(=O)(=O)Cc1cccc(Br)c1)NCc1ccc(NC(=O)c2ccco2)cc1. The maximum absolute atomic E-state index is 12.3. The highest BCUT2D eigenvalue weighted by Gasteiger charge is 2.17. The third kappa shape index (κ3) is 6.57. The Bertz CT molecular complexity index is 1130. The smallest absolute Gasteiger partial charge is 0.291 e. The van der Waals surface area contributed by atoms with E-state index in [4.69, 9.17) is 4.42 Å². The van der Waals surface area contributed by atoms with Crippen LogP contribution in [0.5, 0.6) is 0 Å². The zero-order valence-corrected chi connectivity index (χ0v) is 18.2. The molecule has 1 aromatic heterocycles. The third-order valence-corrected chi connectivity index (χ3v) is 6.04. The standard InChI is InChI=1S/C21H19BrN2O5S/c22-17-4-1-3-16(11-17)13-30(27,28)14-20(25)23-12-15-6-8-18(9-7-15)24-21(26)19-5-2-10-29-19/h1-11H,12-14H2,(H,23,25)(H,24,26). The summed E-state index contributed by atoms with van der Waals surface area (Å²) >= 11 is 3.30. The molecule has 3 aromatic rings. The molecular formula is C21H19BrN2O5S. The van der Waals surface area contributed by atoms with Crippen molar-refractivity contribution in [2.75, 3.05) is 11.1 Å². The molecule has 2 amide bonds. The Morgan fingerprint density at radius 2 is 1.73 bits per heavy atom. The Kier molecular flexibility index (Phi) is 7.07. The summed E-state index contributed by atoms with van der Waals surface area (Å²) in [5.74, 6) is -1.52. The summed E-state index contributed by atoms with van der Waals surface area (Å²) in [6.07, 6.45) is 1.42. The number of hydrogen-bond donors (Lipinski definition) is 2. The van der Waals surface area contributed by atoms with Crippen LogP contribution in [0.15, 0.2) is 75.8 Å². The molecule has 156 valence electrons. The number of sulfone groups is 1.